The minimum absolute atomic E-state index is 0.0791. The van der Waals surface area contributed by atoms with Crippen LogP contribution in [0.3, 0.4) is 0 Å². The molecule has 4 nitrogen and oxygen atoms in total. The van der Waals surface area contributed by atoms with E-state index in [1.54, 1.807) is 12.1 Å². The summed E-state index contributed by atoms with van der Waals surface area (Å²) in [5.41, 5.74) is 6.66. The molecule has 0 aliphatic carbocycles. The lowest BCUT2D eigenvalue weighted by Crippen LogP contribution is -2.35. The molecule has 0 spiro atoms. The smallest absolute Gasteiger partial charge is 0.225 e. The fraction of sp³-hybridized carbons (Fsp3) is 0.533. The second-order valence-electron chi connectivity index (χ2n) is 5.67. The minimum atomic E-state index is -0.0791. The monoisotopic (exact) mass is 329 g/mol. The molecule has 1 aromatic carbocycles. The van der Waals surface area contributed by atoms with Gasteiger partial charge >= 0.3 is 0 Å². The van der Waals surface area contributed by atoms with Crippen molar-refractivity contribution in [1.29, 1.82) is 0 Å². The Morgan fingerprint density at radius 1 is 1.38 bits per heavy atom. The molecule has 1 aliphatic rings. The van der Waals surface area contributed by atoms with Gasteiger partial charge in [0.2, 0.25) is 5.91 Å². The molecule has 0 unspecified atom stereocenters. The predicted octanol–water partition coefficient (Wildman–Crippen LogP) is 3.64. The number of amides is 1. The quantitative estimate of drug-likeness (QED) is 0.829. The number of hydrogen-bond acceptors (Lipinski definition) is 3. The fourth-order valence-corrected chi connectivity index (χ4v) is 3.03. The van der Waals surface area contributed by atoms with Gasteiger partial charge in [0.1, 0.15) is 0 Å². The summed E-state index contributed by atoms with van der Waals surface area (Å²) in [6.07, 6.45) is 2.85. The molecule has 0 saturated carbocycles. The topological polar surface area (TPSA) is 58.4 Å². The highest BCUT2D eigenvalue weighted by Gasteiger charge is 2.17. The van der Waals surface area contributed by atoms with Crippen LogP contribution < -0.4 is 11.1 Å². The number of nitrogens with zero attached hydrogens (tertiary/aromatic N) is 1. The summed E-state index contributed by atoms with van der Waals surface area (Å²) in [6.45, 7) is 5.18. The maximum Gasteiger partial charge on any atom is 0.225 e. The molecule has 2 rings (SSSR count). The van der Waals surface area contributed by atoms with E-state index in [1.165, 1.54) is 12.8 Å². The number of hydrogen-bond donors (Lipinski definition) is 2. The van der Waals surface area contributed by atoms with Crippen molar-refractivity contribution in [3.8, 4) is 0 Å². The summed E-state index contributed by atoms with van der Waals surface area (Å²) in [7, 11) is 0. The summed E-state index contributed by atoms with van der Waals surface area (Å²) in [5, 5.41) is 3.59. The molecule has 116 valence electrons. The molecule has 1 heterocycles. The Hall–Kier alpha value is -0.970. The van der Waals surface area contributed by atoms with Crippen LogP contribution in [0.15, 0.2) is 12.1 Å². The molecule has 1 saturated heterocycles. The Kier molecular flexibility index (Phi) is 5.73. The maximum absolute atomic E-state index is 12.0. The summed E-state index contributed by atoms with van der Waals surface area (Å²) in [5.74, 6) is 0.715. The van der Waals surface area contributed by atoms with Gasteiger partial charge in [-0.15, -0.1) is 0 Å². The molecule has 3 N–H and O–H groups in total. The van der Waals surface area contributed by atoms with Crippen molar-refractivity contribution in [2.24, 2.45) is 5.92 Å². The molecule has 0 bridgehead atoms. The highest BCUT2D eigenvalue weighted by Crippen LogP contribution is 2.32. The standard InChI is InChI=1S/C15H21Cl2N3O/c1-10-2-5-20(6-3-10)7-4-14(21)19-15-12(17)8-11(16)9-13(15)18/h8-10H,2-7,18H2,1H3,(H,19,21). The molecule has 21 heavy (non-hydrogen) atoms. The molecule has 1 fully saturated rings. The van der Waals surface area contributed by atoms with Gasteiger partial charge in [0.15, 0.2) is 0 Å². The van der Waals surface area contributed by atoms with Crippen molar-refractivity contribution in [1.82, 2.24) is 4.90 Å². The van der Waals surface area contributed by atoms with Crippen molar-refractivity contribution in [2.75, 3.05) is 30.7 Å². The van der Waals surface area contributed by atoms with Gasteiger partial charge in [-0.25, -0.2) is 0 Å². The van der Waals surface area contributed by atoms with E-state index in [-0.39, 0.29) is 5.91 Å². The fourth-order valence-electron chi connectivity index (χ4n) is 2.47. The van der Waals surface area contributed by atoms with Crippen LogP contribution in [-0.4, -0.2) is 30.4 Å². The first-order chi connectivity index (χ1) is 9.95. The summed E-state index contributed by atoms with van der Waals surface area (Å²) >= 11 is 11.9. The van der Waals surface area contributed by atoms with Crippen LogP contribution in [0.4, 0.5) is 11.4 Å². The van der Waals surface area contributed by atoms with Crippen LogP contribution in [0.2, 0.25) is 10.0 Å². The molecule has 1 aromatic rings. The van der Waals surface area contributed by atoms with Crippen LogP contribution in [0.5, 0.6) is 0 Å². The first-order valence-electron chi connectivity index (χ1n) is 7.22. The second-order valence-corrected chi connectivity index (χ2v) is 6.52. The third kappa shape index (κ3) is 4.77. The van der Waals surface area contributed by atoms with E-state index in [9.17, 15) is 4.79 Å². The molecule has 6 heteroatoms. The Bertz CT molecular complexity index is 491. The lowest BCUT2D eigenvalue weighted by Gasteiger charge is -2.29. The number of carbonyl (C=O) groups excluding carboxylic acids is 1. The Balaban J connectivity index is 1.85. The van der Waals surface area contributed by atoms with E-state index in [0.717, 1.165) is 25.6 Å². The van der Waals surface area contributed by atoms with Crippen molar-refractivity contribution in [3.05, 3.63) is 22.2 Å². The zero-order valence-corrected chi connectivity index (χ0v) is 13.7. The van der Waals surface area contributed by atoms with E-state index < -0.39 is 0 Å². The van der Waals surface area contributed by atoms with Crippen LogP contribution in [0.25, 0.3) is 0 Å². The van der Waals surface area contributed by atoms with Gasteiger partial charge in [0.05, 0.1) is 16.4 Å². The van der Waals surface area contributed by atoms with Gasteiger partial charge in [0, 0.05) is 18.0 Å². The molecule has 1 amide bonds. The van der Waals surface area contributed by atoms with Gasteiger partial charge in [-0.1, -0.05) is 30.1 Å². The number of nitrogens with one attached hydrogen (secondary N) is 1. The number of benzene rings is 1. The third-order valence-electron chi connectivity index (χ3n) is 3.88. The van der Waals surface area contributed by atoms with Gasteiger partial charge < -0.3 is 16.0 Å². The first-order valence-corrected chi connectivity index (χ1v) is 7.98. The number of nitrogen functional groups attached to an aromatic ring is 1. The number of nitrogens with two attached hydrogens (primary N) is 1. The third-order valence-corrected chi connectivity index (χ3v) is 4.40. The first kappa shape index (κ1) is 16.4. The Labute approximate surface area is 135 Å². The van der Waals surface area contributed by atoms with Crippen LogP contribution in [0.1, 0.15) is 26.2 Å². The van der Waals surface area contributed by atoms with E-state index in [0.29, 0.717) is 27.8 Å². The summed E-state index contributed by atoms with van der Waals surface area (Å²) in [4.78, 5) is 14.3. The average molecular weight is 330 g/mol. The van der Waals surface area contributed by atoms with Crippen molar-refractivity contribution in [3.63, 3.8) is 0 Å². The van der Waals surface area contributed by atoms with Crippen LogP contribution >= 0.6 is 23.2 Å². The molecule has 0 aromatic heterocycles. The van der Waals surface area contributed by atoms with Crippen molar-refractivity contribution >= 4 is 40.5 Å². The van der Waals surface area contributed by atoms with Crippen molar-refractivity contribution in [2.45, 2.75) is 26.2 Å². The second kappa shape index (κ2) is 7.34. The molecule has 0 atom stereocenters. The zero-order valence-electron chi connectivity index (χ0n) is 12.2. The number of piperidine rings is 1. The van der Waals surface area contributed by atoms with Crippen LogP contribution in [-0.2, 0) is 4.79 Å². The largest absolute Gasteiger partial charge is 0.397 e. The van der Waals surface area contributed by atoms with Crippen LogP contribution in [0, 0.1) is 5.92 Å². The molecule has 1 aliphatic heterocycles. The Morgan fingerprint density at radius 3 is 2.67 bits per heavy atom. The molecule has 0 radical (unpaired) electrons. The Morgan fingerprint density at radius 2 is 2.05 bits per heavy atom. The van der Waals surface area contributed by atoms with E-state index >= 15 is 0 Å². The maximum atomic E-state index is 12.0. The molecular weight excluding hydrogens is 309 g/mol. The van der Waals surface area contributed by atoms with Gasteiger partial charge in [0.25, 0.3) is 0 Å². The van der Waals surface area contributed by atoms with Gasteiger partial charge in [-0.2, -0.15) is 0 Å². The van der Waals surface area contributed by atoms with Gasteiger partial charge in [-0.3, -0.25) is 4.79 Å². The lowest BCUT2D eigenvalue weighted by molar-refractivity contribution is -0.116. The van der Waals surface area contributed by atoms with E-state index in [1.807, 2.05) is 0 Å². The average Bonchev–Trinajstić information content (AvgIpc) is 2.42. The highest BCUT2D eigenvalue weighted by atomic mass is 35.5. The molecular formula is C15H21Cl2N3O. The SMILES string of the molecule is CC1CCN(CCC(=O)Nc2c(N)cc(Cl)cc2Cl)CC1. The normalized spacial score (nSPS) is 16.9. The predicted molar refractivity (Wildman–Crippen MR) is 89.0 cm³/mol. The number of anilines is 2. The summed E-state index contributed by atoms with van der Waals surface area (Å²) < 4.78 is 0. The summed E-state index contributed by atoms with van der Waals surface area (Å²) in [6, 6.07) is 3.15. The van der Waals surface area contributed by atoms with Gasteiger partial charge in [-0.05, 0) is 44.0 Å². The number of halogens is 2. The van der Waals surface area contributed by atoms with E-state index in [4.69, 9.17) is 28.9 Å². The lowest BCUT2D eigenvalue weighted by atomic mass is 9.99. The number of carbonyl (C=O) groups is 1. The minimum Gasteiger partial charge on any atom is -0.397 e. The number of likely N-dealkylation sites (tertiary alicyclic amines) is 1. The van der Waals surface area contributed by atoms with E-state index in [2.05, 4.69) is 17.1 Å². The zero-order chi connectivity index (χ0) is 15.4. The number of rotatable bonds is 4. The highest BCUT2D eigenvalue weighted by molar-refractivity contribution is 6.37. The van der Waals surface area contributed by atoms with Crippen molar-refractivity contribution < 1.29 is 4.79 Å².